The number of nitrogens with two attached hydrogens (primary N) is 2. The lowest BCUT2D eigenvalue weighted by Gasteiger charge is -2.11. The number of para-hydroxylation sites is 1. The van der Waals surface area contributed by atoms with Gasteiger partial charge in [0.05, 0.1) is 18.4 Å². The zero-order valence-corrected chi connectivity index (χ0v) is 16.9. The maximum atomic E-state index is 12.5. The van der Waals surface area contributed by atoms with Crippen LogP contribution in [0.3, 0.4) is 0 Å². The quantitative estimate of drug-likeness (QED) is 0.462. The van der Waals surface area contributed by atoms with Gasteiger partial charge in [-0.1, -0.05) is 24.3 Å². The number of rotatable bonds is 8. The first kappa shape index (κ1) is 21.5. The Hall–Kier alpha value is -4.21. The van der Waals surface area contributed by atoms with Crippen LogP contribution < -0.4 is 21.5 Å². The number of ether oxygens (including phenoxy) is 2. The Balaban J connectivity index is 1.59. The number of nitrogens with one attached hydrogen (secondary N) is 1. The predicted molar refractivity (Wildman–Crippen MR) is 114 cm³/mol. The zero-order valence-electron chi connectivity index (χ0n) is 16.9. The van der Waals surface area contributed by atoms with Crippen LogP contribution in [0, 0.1) is 0 Å². The summed E-state index contributed by atoms with van der Waals surface area (Å²) in [5, 5.41) is 2.75. The fraction of sp³-hybridized carbons (Fsp3) is 0.190. The van der Waals surface area contributed by atoms with Crippen molar-refractivity contribution in [3.63, 3.8) is 0 Å². The summed E-state index contributed by atoms with van der Waals surface area (Å²) in [5.41, 5.74) is 12.6. The van der Waals surface area contributed by atoms with Crippen LogP contribution in [-0.4, -0.2) is 33.9 Å². The van der Waals surface area contributed by atoms with E-state index < -0.39 is 5.97 Å². The Morgan fingerprint density at radius 3 is 2.32 bits per heavy atom. The number of amides is 1. The van der Waals surface area contributed by atoms with Crippen LogP contribution in [0.1, 0.15) is 28.2 Å². The SMILES string of the molecule is COc1ccc(CCC(=O)Nc2ccccc2C(=O)OCc2nc(N)nc(N)n2)cc1. The van der Waals surface area contributed by atoms with E-state index in [0.717, 1.165) is 11.3 Å². The summed E-state index contributed by atoms with van der Waals surface area (Å²) >= 11 is 0. The maximum absolute atomic E-state index is 12.5. The molecule has 1 aromatic heterocycles. The highest BCUT2D eigenvalue weighted by atomic mass is 16.5. The third kappa shape index (κ3) is 6.13. The minimum Gasteiger partial charge on any atom is -0.497 e. The largest absolute Gasteiger partial charge is 0.497 e. The molecule has 0 atom stereocenters. The monoisotopic (exact) mass is 422 g/mol. The van der Waals surface area contributed by atoms with Gasteiger partial charge < -0.3 is 26.3 Å². The predicted octanol–water partition coefficient (Wildman–Crippen LogP) is 1.97. The molecule has 3 aromatic rings. The minimum absolute atomic E-state index is 0.0666. The number of methoxy groups -OCH3 is 1. The molecule has 0 aliphatic carbocycles. The molecule has 0 spiro atoms. The molecule has 2 aromatic carbocycles. The lowest BCUT2D eigenvalue weighted by Crippen LogP contribution is -2.16. The molecule has 31 heavy (non-hydrogen) atoms. The molecule has 10 heteroatoms. The van der Waals surface area contributed by atoms with Crippen LogP contribution in [-0.2, 0) is 22.6 Å². The highest BCUT2D eigenvalue weighted by Crippen LogP contribution is 2.18. The lowest BCUT2D eigenvalue weighted by molar-refractivity contribution is -0.116. The zero-order chi connectivity index (χ0) is 22.2. The number of hydrogen-bond donors (Lipinski definition) is 3. The van der Waals surface area contributed by atoms with Gasteiger partial charge in [-0.05, 0) is 36.2 Å². The summed E-state index contributed by atoms with van der Waals surface area (Å²) in [5.74, 6) is -0.133. The summed E-state index contributed by atoms with van der Waals surface area (Å²) < 4.78 is 10.4. The first-order valence-electron chi connectivity index (χ1n) is 9.39. The Morgan fingerprint density at radius 1 is 0.968 bits per heavy atom. The Bertz CT molecular complexity index is 1050. The van der Waals surface area contributed by atoms with E-state index in [0.29, 0.717) is 12.1 Å². The van der Waals surface area contributed by atoms with E-state index in [4.69, 9.17) is 20.9 Å². The molecule has 0 fully saturated rings. The molecule has 5 N–H and O–H groups in total. The topological polar surface area (TPSA) is 155 Å². The molecule has 1 amide bonds. The van der Waals surface area contributed by atoms with Crippen molar-refractivity contribution in [3.8, 4) is 5.75 Å². The van der Waals surface area contributed by atoms with E-state index in [9.17, 15) is 9.59 Å². The number of nitrogen functional groups attached to an aromatic ring is 2. The highest BCUT2D eigenvalue weighted by molar-refractivity contribution is 6.01. The van der Waals surface area contributed by atoms with E-state index in [1.54, 1.807) is 31.4 Å². The Morgan fingerprint density at radius 2 is 1.65 bits per heavy atom. The van der Waals surface area contributed by atoms with Gasteiger partial charge in [0.2, 0.25) is 17.8 Å². The van der Waals surface area contributed by atoms with E-state index >= 15 is 0 Å². The van der Waals surface area contributed by atoms with Crippen LogP contribution in [0.2, 0.25) is 0 Å². The number of hydrogen-bond acceptors (Lipinski definition) is 9. The summed E-state index contributed by atoms with van der Waals surface area (Å²) in [6.07, 6.45) is 0.795. The second-order valence-corrected chi connectivity index (χ2v) is 6.49. The molecule has 0 saturated carbocycles. The maximum Gasteiger partial charge on any atom is 0.340 e. The minimum atomic E-state index is -0.649. The lowest BCUT2D eigenvalue weighted by atomic mass is 10.1. The standard InChI is InChI=1S/C21H22N6O4/c1-30-14-9-6-13(7-10-14)8-11-18(28)24-16-5-3-2-4-15(16)19(29)31-12-17-25-20(22)27-21(23)26-17/h2-7,9-10H,8,11-12H2,1H3,(H,24,28)(H4,22,23,25,26,27). The number of esters is 1. The molecule has 0 unspecified atom stereocenters. The van der Waals surface area contributed by atoms with Crippen molar-refractivity contribution < 1.29 is 19.1 Å². The molecular weight excluding hydrogens is 400 g/mol. The van der Waals surface area contributed by atoms with Crippen molar-refractivity contribution >= 4 is 29.5 Å². The van der Waals surface area contributed by atoms with Gasteiger partial charge in [-0.25, -0.2) is 4.79 Å². The molecule has 0 saturated heterocycles. The fourth-order valence-corrected chi connectivity index (χ4v) is 2.76. The molecule has 0 aliphatic heterocycles. The van der Waals surface area contributed by atoms with Crippen LogP contribution in [0.15, 0.2) is 48.5 Å². The smallest absolute Gasteiger partial charge is 0.340 e. The van der Waals surface area contributed by atoms with Gasteiger partial charge in [0, 0.05) is 6.42 Å². The van der Waals surface area contributed by atoms with Gasteiger partial charge in [-0.15, -0.1) is 0 Å². The van der Waals surface area contributed by atoms with Crippen molar-refractivity contribution in [3.05, 3.63) is 65.5 Å². The number of benzene rings is 2. The van der Waals surface area contributed by atoms with Gasteiger partial charge in [-0.2, -0.15) is 15.0 Å². The number of carbonyl (C=O) groups excluding carboxylic acids is 2. The second kappa shape index (κ2) is 10.0. The Kier molecular flexibility index (Phi) is 6.94. The van der Waals surface area contributed by atoms with Crippen molar-refractivity contribution in [1.29, 1.82) is 0 Å². The number of aryl methyl sites for hydroxylation is 1. The summed E-state index contributed by atoms with van der Waals surface area (Å²) in [6.45, 7) is -0.241. The van der Waals surface area contributed by atoms with Crippen LogP contribution in [0.25, 0.3) is 0 Å². The molecule has 1 heterocycles. The average Bonchev–Trinajstić information content (AvgIpc) is 2.76. The van der Waals surface area contributed by atoms with E-state index in [-0.39, 0.29) is 42.2 Å². The second-order valence-electron chi connectivity index (χ2n) is 6.49. The molecule has 160 valence electrons. The van der Waals surface area contributed by atoms with E-state index in [2.05, 4.69) is 20.3 Å². The van der Waals surface area contributed by atoms with Crippen molar-refractivity contribution in [2.24, 2.45) is 0 Å². The molecule has 0 radical (unpaired) electrons. The van der Waals surface area contributed by atoms with Crippen molar-refractivity contribution in [2.45, 2.75) is 19.4 Å². The molecule has 0 bridgehead atoms. The van der Waals surface area contributed by atoms with Crippen molar-refractivity contribution in [1.82, 2.24) is 15.0 Å². The third-order valence-electron chi connectivity index (χ3n) is 4.27. The number of anilines is 3. The molecule has 3 rings (SSSR count). The number of aromatic nitrogens is 3. The fourth-order valence-electron chi connectivity index (χ4n) is 2.76. The van der Waals surface area contributed by atoms with E-state index in [1.165, 1.54) is 0 Å². The molecule has 10 nitrogen and oxygen atoms in total. The average molecular weight is 422 g/mol. The number of nitrogens with zero attached hydrogens (tertiary/aromatic N) is 3. The molecule has 0 aliphatic rings. The van der Waals surface area contributed by atoms with Gasteiger partial charge in [-0.3, -0.25) is 4.79 Å². The summed E-state index contributed by atoms with van der Waals surface area (Å²) in [7, 11) is 1.60. The van der Waals surface area contributed by atoms with Gasteiger partial charge in [0.1, 0.15) is 5.75 Å². The highest BCUT2D eigenvalue weighted by Gasteiger charge is 2.15. The first-order valence-corrected chi connectivity index (χ1v) is 9.39. The Labute approximate surface area is 178 Å². The van der Waals surface area contributed by atoms with Gasteiger partial charge in [0.25, 0.3) is 0 Å². The first-order chi connectivity index (χ1) is 14.9. The molecular formula is C21H22N6O4. The van der Waals surface area contributed by atoms with Gasteiger partial charge >= 0.3 is 5.97 Å². The van der Waals surface area contributed by atoms with E-state index in [1.807, 2.05) is 24.3 Å². The van der Waals surface area contributed by atoms with Gasteiger partial charge in [0.15, 0.2) is 12.4 Å². The van der Waals surface area contributed by atoms with Crippen molar-refractivity contribution in [2.75, 3.05) is 23.9 Å². The van der Waals surface area contributed by atoms with Crippen LogP contribution >= 0.6 is 0 Å². The third-order valence-corrected chi connectivity index (χ3v) is 4.27. The number of carbonyl (C=O) groups is 2. The summed E-state index contributed by atoms with van der Waals surface area (Å²) in [6, 6.07) is 14.0. The normalized spacial score (nSPS) is 10.4. The summed E-state index contributed by atoms with van der Waals surface area (Å²) in [4.78, 5) is 36.3. The van der Waals surface area contributed by atoms with Crippen LogP contribution in [0.4, 0.5) is 17.6 Å². The van der Waals surface area contributed by atoms with Crippen LogP contribution in [0.5, 0.6) is 5.75 Å².